The van der Waals surface area contributed by atoms with E-state index >= 15 is 0 Å². The van der Waals surface area contributed by atoms with Crippen molar-refractivity contribution in [2.75, 3.05) is 13.1 Å². The highest BCUT2D eigenvalue weighted by Crippen LogP contribution is 2.30. The number of hydrogen-bond acceptors (Lipinski definition) is 2. The predicted octanol–water partition coefficient (Wildman–Crippen LogP) is 2.66. The van der Waals surface area contributed by atoms with Gasteiger partial charge < -0.3 is 15.5 Å². The molecule has 1 aliphatic rings. The molecule has 24 heavy (non-hydrogen) atoms. The molecule has 132 valence electrons. The van der Waals surface area contributed by atoms with E-state index in [1.165, 1.54) is 12.1 Å². The quantitative estimate of drug-likeness (QED) is 0.889. The van der Waals surface area contributed by atoms with E-state index in [1.807, 2.05) is 20.8 Å². The molecular formula is C18H26FN3O2. The first-order chi connectivity index (χ1) is 11.3. The van der Waals surface area contributed by atoms with Gasteiger partial charge in [0.2, 0.25) is 5.91 Å². The maximum atomic E-state index is 12.9. The average molecular weight is 335 g/mol. The summed E-state index contributed by atoms with van der Waals surface area (Å²) in [6, 6.07) is 6.01. The molecule has 1 heterocycles. The van der Waals surface area contributed by atoms with E-state index < -0.39 is 5.41 Å². The minimum Gasteiger partial charge on any atom is -0.351 e. The molecule has 0 radical (unpaired) electrons. The van der Waals surface area contributed by atoms with Gasteiger partial charge >= 0.3 is 6.03 Å². The SMILES string of the molecule is CC(C)NC(=O)N1CCCC(C)(C(=O)NCc2ccc(F)cc2)C1. The summed E-state index contributed by atoms with van der Waals surface area (Å²) in [6.07, 6.45) is 1.54. The molecule has 0 bridgehead atoms. The molecule has 1 saturated heterocycles. The average Bonchev–Trinajstić information content (AvgIpc) is 2.53. The van der Waals surface area contributed by atoms with Gasteiger partial charge in [-0.15, -0.1) is 0 Å². The van der Waals surface area contributed by atoms with Gasteiger partial charge in [-0.2, -0.15) is 0 Å². The second kappa shape index (κ2) is 7.64. The lowest BCUT2D eigenvalue weighted by Gasteiger charge is -2.39. The molecule has 6 heteroatoms. The van der Waals surface area contributed by atoms with Crippen molar-refractivity contribution in [2.45, 2.75) is 46.2 Å². The van der Waals surface area contributed by atoms with Crippen LogP contribution in [0.3, 0.4) is 0 Å². The van der Waals surface area contributed by atoms with E-state index in [9.17, 15) is 14.0 Å². The number of likely N-dealkylation sites (tertiary alicyclic amines) is 1. The van der Waals surface area contributed by atoms with Crippen molar-refractivity contribution in [3.05, 3.63) is 35.6 Å². The van der Waals surface area contributed by atoms with Gasteiger partial charge in [0.1, 0.15) is 5.82 Å². The second-order valence-electron chi connectivity index (χ2n) is 7.00. The molecule has 2 rings (SSSR count). The normalized spacial score (nSPS) is 20.8. The number of urea groups is 1. The lowest BCUT2D eigenvalue weighted by Crippen LogP contribution is -2.54. The third-order valence-corrected chi connectivity index (χ3v) is 4.31. The number of piperidine rings is 1. The second-order valence-corrected chi connectivity index (χ2v) is 7.00. The molecule has 2 N–H and O–H groups in total. The van der Waals surface area contributed by atoms with Gasteiger partial charge in [-0.1, -0.05) is 12.1 Å². The summed E-state index contributed by atoms with van der Waals surface area (Å²) < 4.78 is 12.9. The summed E-state index contributed by atoms with van der Waals surface area (Å²) in [6.45, 7) is 7.14. The number of carbonyl (C=O) groups excluding carboxylic acids is 2. The predicted molar refractivity (Wildman–Crippen MR) is 90.8 cm³/mol. The monoisotopic (exact) mass is 335 g/mol. The van der Waals surface area contributed by atoms with Crippen LogP contribution in [0.4, 0.5) is 9.18 Å². The molecule has 0 aromatic heterocycles. The van der Waals surface area contributed by atoms with Gasteiger partial charge in [0.25, 0.3) is 0 Å². The molecule has 1 aromatic rings. The molecule has 1 atom stereocenters. The first-order valence-corrected chi connectivity index (χ1v) is 8.38. The summed E-state index contributed by atoms with van der Waals surface area (Å²) in [5.74, 6) is -0.370. The first kappa shape index (κ1) is 18.2. The number of carbonyl (C=O) groups is 2. The summed E-state index contributed by atoms with van der Waals surface area (Å²) in [5, 5.41) is 5.78. The Morgan fingerprint density at radius 1 is 1.29 bits per heavy atom. The highest BCUT2D eigenvalue weighted by atomic mass is 19.1. The molecule has 0 spiro atoms. The summed E-state index contributed by atoms with van der Waals surface area (Å²) >= 11 is 0. The Balaban J connectivity index is 1.94. The Hall–Kier alpha value is -2.11. The number of amides is 3. The van der Waals surface area contributed by atoms with E-state index in [2.05, 4.69) is 10.6 Å². The van der Waals surface area contributed by atoms with Gasteiger partial charge in [0.15, 0.2) is 0 Å². The van der Waals surface area contributed by atoms with Crippen LogP contribution in [0.5, 0.6) is 0 Å². The van der Waals surface area contributed by atoms with E-state index in [-0.39, 0.29) is 23.8 Å². The van der Waals surface area contributed by atoms with Crippen LogP contribution in [-0.4, -0.2) is 36.0 Å². The third-order valence-electron chi connectivity index (χ3n) is 4.31. The Morgan fingerprint density at radius 2 is 1.96 bits per heavy atom. The topological polar surface area (TPSA) is 61.4 Å². The molecule has 1 aromatic carbocycles. The number of rotatable bonds is 4. The Bertz CT molecular complexity index is 588. The standard InChI is InChI=1S/C18H26FN3O2/c1-13(2)21-17(24)22-10-4-9-18(3,12-22)16(23)20-11-14-5-7-15(19)8-6-14/h5-8,13H,4,9-12H2,1-3H3,(H,20,23)(H,21,24). The zero-order valence-electron chi connectivity index (χ0n) is 14.6. The van der Waals surface area contributed by atoms with Crippen molar-refractivity contribution in [3.63, 3.8) is 0 Å². The van der Waals surface area contributed by atoms with E-state index in [0.29, 0.717) is 19.6 Å². The first-order valence-electron chi connectivity index (χ1n) is 8.38. The van der Waals surface area contributed by atoms with Crippen LogP contribution >= 0.6 is 0 Å². The largest absolute Gasteiger partial charge is 0.351 e. The molecule has 0 aliphatic carbocycles. The van der Waals surface area contributed by atoms with Crippen molar-refractivity contribution >= 4 is 11.9 Å². The molecular weight excluding hydrogens is 309 g/mol. The fourth-order valence-electron chi connectivity index (χ4n) is 2.93. The Kier molecular flexibility index (Phi) is 5.80. The van der Waals surface area contributed by atoms with Crippen LogP contribution in [0.2, 0.25) is 0 Å². The van der Waals surface area contributed by atoms with Crippen molar-refractivity contribution in [1.82, 2.24) is 15.5 Å². The number of halogens is 1. The molecule has 0 saturated carbocycles. The highest BCUT2D eigenvalue weighted by molar-refractivity contribution is 5.84. The maximum Gasteiger partial charge on any atom is 0.317 e. The lowest BCUT2D eigenvalue weighted by atomic mass is 9.81. The lowest BCUT2D eigenvalue weighted by molar-refractivity contribution is -0.132. The van der Waals surface area contributed by atoms with Crippen molar-refractivity contribution in [3.8, 4) is 0 Å². The van der Waals surface area contributed by atoms with Crippen LogP contribution in [0.15, 0.2) is 24.3 Å². The van der Waals surface area contributed by atoms with Gasteiger partial charge in [0, 0.05) is 25.7 Å². The fraction of sp³-hybridized carbons (Fsp3) is 0.556. The van der Waals surface area contributed by atoms with Crippen LogP contribution in [0, 0.1) is 11.2 Å². The molecule has 5 nitrogen and oxygen atoms in total. The summed E-state index contributed by atoms with van der Waals surface area (Å²) in [7, 11) is 0. The van der Waals surface area contributed by atoms with Crippen LogP contribution in [0.25, 0.3) is 0 Å². The number of nitrogens with one attached hydrogen (secondary N) is 2. The minimum atomic E-state index is -0.605. The third kappa shape index (κ3) is 4.69. The number of hydrogen-bond donors (Lipinski definition) is 2. The zero-order chi connectivity index (χ0) is 17.7. The van der Waals surface area contributed by atoms with Gasteiger partial charge in [-0.25, -0.2) is 9.18 Å². The van der Waals surface area contributed by atoms with Crippen LogP contribution in [0.1, 0.15) is 39.2 Å². The maximum absolute atomic E-state index is 12.9. The molecule has 1 aliphatic heterocycles. The van der Waals surface area contributed by atoms with Crippen LogP contribution < -0.4 is 10.6 Å². The molecule has 1 fully saturated rings. The van der Waals surface area contributed by atoms with E-state index in [1.54, 1.807) is 17.0 Å². The van der Waals surface area contributed by atoms with Gasteiger partial charge in [-0.05, 0) is 51.3 Å². The van der Waals surface area contributed by atoms with E-state index in [4.69, 9.17) is 0 Å². The number of benzene rings is 1. The summed E-state index contributed by atoms with van der Waals surface area (Å²) in [5.41, 5.74) is 0.241. The smallest absolute Gasteiger partial charge is 0.317 e. The fourth-order valence-corrected chi connectivity index (χ4v) is 2.93. The highest BCUT2D eigenvalue weighted by Gasteiger charge is 2.39. The van der Waals surface area contributed by atoms with Crippen LogP contribution in [-0.2, 0) is 11.3 Å². The van der Waals surface area contributed by atoms with Gasteiger partial charge in [-0.3, -0.25) is 4.79 Å². The number of nitrogens with zero attached hydrogens (tertiary/aromatic N) is 1. The zero-order valence-corrected chi connectivity index (χ0v) is 14.6. The van der Waals surface area contributed by atoms with E-state index in [0.717, 1.165) is 18.4 Å². The summed E-state index contributed by atoms with van der Waals surface area (Å²) in [4.78, 5) is 26.5. The van der Waals surface area contributed by atoms with Crippen molar-refractivity contribution < 1.29 is 14.0 Å². The Labute approximate surface area is 142 Å². The van der Waals surface area contributed by atoms with Crippen molar-refractivity contribution in [2.24, 2.45) is 5.41 Å². The molecule has 3 amide bonds. The molecule has 1 unspecified atom stereocenters. The minimum absolute atomic E-state index is 0.0676. The Morgan fingerprint density at radius 3 is 2.58 bits per heavy atom. The van der Waals surface area contributed by atoms with Gasteiger partial charge in [0.05, 0.1) is 5.41 Å². The van der Waals surface area contributed by atoms with Crippen molar-refractivity contribution in [1.29, 1.82) is 0 Å².